The summed E-state index contributed by atoms with van der Waals surface area (Å²) in [6, 6.07) is 5.09. The summed E-state index contributed by atoms with van der Waals surface area (Å²) in [5.41, 5.74) is 1.40. The number of carbonyl (C=O) groups excluding carboxylic acids is 1. The Bertz CT molecular complexity index is 623. The summed E-state index contributed by atoms with van der Waals surface area (Å²) in [5.74, 6) is -0.335. The monoisotopic (exact) mass is 383 g/mol. The van der Waals surface area contributed by atoms with E-state index >= 15 is 0 Å². The van der Waals surface area contributed by atoms with Crippen LogP contribution in [-0.2, 0) is 24.0 Å². The van der Waals surface area contributed by atoms with Crippen LogP contribution in [0.4, 0.5) is 5.69 Å². The van der Waals surface area contributed by atoms with Gasteiger partial charge in [-0.3, -0.25) is 4.79 Å². The Balaban J connectivity index is 2.47. The number of sulfone groups is 1. The zero-order chi connectivity index (χ0) is 17.3. The molecule has 0 fully saturated rings. The molecular weight excluding hydrogens is 366 g/mol. The van der Waals surface area contributed by atoms with Gasteiger partial charge in [0.25, 0.3) is 0 Å². The highest BCUT2D eigenvalue weighted by Crippen LogP contribution is 2.25. The zero-order valence-corrected chi connectivity index (χ0v) is 14.8. The minimum Gasteiger partial charge on any atom is -0.326 e. The first-order chi connectivity index (χ1) is 10.9. The fraction of sp³-hybridized carbons (Fsp3) is 0.462. The molecule has 1 amide bonds. The van der Waals surface area contributed by atoms with Crippen LogP contribution in [0.25, 0.3) is 0 Å². The second-order valence-electron chi connectivity index (χ2n) is 4.70. The van der Waals surface area contributed by atoms with Gasteiger partial charge >= 0.3 is 0 Å². The Hall–Kier alpha value is -0.840. The van der Waals surface area contributed by atoms with Gasteiger partial charge in [-0.15, -0.1) is 15.9 Å². The number of aryl methyl sites for hydroxylation is 1. The predicted octanol–water partition coefficient (Wildman–Crippen LogP) is 2.80. The van der Waals surface area contributed by atoms with Gasteiger partial charge in [-0.2, -0.15) is 0 Å². The van der Waals surface area contributed by atoms with Gasteiger partial charge in [0.15, 0.2) is 9.84 Å². The van der Waals surface area contributed by atoms with Crippen LogP contribution in [-0.4, -0.2) is 37.0 Å². The lowest BCUT2D eigenvalue weighted by Crippen LogP contribution is -2.16. The lowest BCUT2D eigenvalue weighted by Gasteiger charge is -2.08. The highest BCUT2D eigenvalue weighted by Gasteiger charge is 2.11. The van der Waals surface area contributed by atoms with Crippen LogP contribution in [0.5, 0.6) is 0 Å². The van der Waals surface area contributed by atoms with Gasteiger partial charge in [0, 0.05) is 22.9 Å². The minimum absolute atomic E-state index is 0.0553. The molecule has 0 aliphatic carbocycles. The lowest BCUT2D eigenvalue weighted by molar-refractivity contribution is -0.432. The molecule has 1 aromatic rings. The first kappa shape index (κ1) is 20.2. The van der Waals surface area contributed by atoms with Crippen molar-refractivity contribution >= 4 is 45.1 Å². The summed E-state index contributed by atoms with van der Waals surface area (Å²) in [6.07, 6.45) is 0.359. The number of carbonyl (C=O) groups is 1. The number of alkyl halides is 1. The molecule has 0 aromatic heterocycles. The van der Waals surface area contributed by atoms with Crippen LogP contribution in [0.1, 0.15) is 18.4 Å². The zero-order valence-electron chi connectivity index (χ0n) is 12.5. The molecule has 0 atom stereocenters. The van der Waals surface area contributed by atoms with E-state index in [2.05, 4.69) is 14.7 Å². The summed E-state index contributed by atoms with van der Waals surface area (Å²) in [4.78, 5) is 12.5. The maximum Gasteiger partial charge on any atom is 0.224 e. The molecule has 0 radical (unpaired) electrons. The van der Waals surface area contributed by atoms with Crippen molar-refractivity contribution in [2.75, 3.05) is 22.7 Å². The Morgan fingerprint density at radius 1 is 1.39 bits per heavy atom. The number of hydrogen-bond acceptors (Lipinski definition) is 7. The third-order valence-corrected chi connectivity index (χ3v) is 5.78. The third-order valence-electron chi connectivity index (χ3n) is 2.86. The molecular formula is C13H18ClNO6S2. The predicted molar refractivity (Wildman–Crippen MR) is 89.1 cm³/mol. The SMILES string of the molecule is Cc1cc(NC(=O)CCCS(=O)(=O)CCCl)ccc1SOOO. The Morgan fingerprint density at radius 3 is 2.74 bits per heavy atom. The van der Waals surface area contributed by atoms with Crippen molar-refractivity contribution in [3.8, 4) is 0 Å². The Labute approximate surface area is 144 Å². The Morgan fingerprint density at radius 2 is 2.13 bits per heavy atom. The average Bonchev–Trinajstić information content (AvgIpc) is 2.46. The van der Waals surface area contributed by atoms with E-state index < -0.39 is 9.84 Å². The number of rotatable bonds is 10. The van der Waals surface area contributed by atoms with E-state index in [0.717, 1.165) is 17.6 Å². The second-order valence-corrected chi connectivity index (χ2v) is 8.12. The number of amides is 1. The first-order valence-electron chi connectivity index (χ1n) is 6.69. The lowest BCUT2D eigenvalue weighted by atomic mass is 10.2. The molecule has 0 bridgehead atoms. The molecule has 130 valence electrons. The highest BCUT2D eigenvalue weighted by atomic mass is 35.5. The van der Waals surface area contributed by atoms with Crippen molar-refractivity contribution in [1.82, 2.24) is 0 Å². The van der Waals surface area contributed by atoms with Crippen LogP contribution in [0, 0.1) is 6.92 Å². The maximum atomic E-state index is 11.8. The molecule has 0 aliphatic heterocycles. The van der Waals surface area contributed by atoms with Crippen LogP contribution < -0.4 is 5.32 Å². The normalized spacial score (nSPS) is 11.4. The quantitative estimate of drug-likeness (QED) is 0.277. The van der Waals surface area contributed by atoms with Crippen LogP contribution in [0.2, 0.25) is 0 Å². The highest BCUT2D eigenvalue weighted by molar-refractivity contribution is 7.94. The van der Waals surface area contributed by atoms with Gasteiger partial charge < -0.3 is 5.32 Å². The number of hydrogen-bond donors (Lipinski definition) is 2. The topological polar surface area (TPSA) is 102 Å². The molecule has 0 saturated heterocycles. The maximum absolute atomic E-state index is 11.8. The third kappa shape index (κ3) is 8.00. The van der Waals surface area contributed by atoms with E-state index in [1.807, 2.05) is 0 Å². The average molecular weight is 384 g/mol. The molecule has 0 spiro atoms. The van der Waals surface area contributed by atoms with E-state index in [-0.39, 0.29) is 36.1 Å². The van der Waals surface area contributed by atoms with Gasteiger partial charge in [0.1, 0.15) is 0 Å². The van der Waals surface area contributed by atoms with Crippen molar-refractivity contribution in [2.24, 2.45) is 0 Å². The van der Waals surface area contributed by atoms with Gasteiger partial charge in [-0.25, -0.2) is 13.7 Å². The minimum atomic E-state index is -3.18. The number of anilines is 1. The Kier molecular flexibility index (Phi) is 8.88. The van der Waals surface area contributed by atoms with E-state index in [0.29, 0.717) is 10.6 Å². The van der Waals surface area contributed by atoms with E-state index in [4.69, 9.17) is 16.9 Å². The molecule has 0 saturated carbocycles. The molecule has 0 aliphatic rings. The molecule has 0 heterocycles. The van der Waals surface area contributed by atoms with Crippen molar-refractivity contribution in [2.45, 2.75) is 24.7 Å². The largest absolute Gasteiger partial charge is 0.326 e. The van der Waals surface area contributed by atoms with E-state index in [1.54, 1.807) is 25.1 Å². The van der Waals surface area contributed by atoms with Gasteiger partial charge in [0.05, 0.1) is 23.5 Å². The van der Waals surface area contributed by atoms with Crippen LogP contribution >= 0.6 is 23.6 Å². The molecule has 1 rings (SSSR count). The molecule has 0 unspecified atom stereocenters. The van der Waals surface area contributed by atoms with Crippen LogP contribution in [0.15, 0.2) is 23.1 Å². The summed E-state index contributed by atoms with van der Waals surface area (Å²) in [7, 11) is -3.18. The standard InChI is InChI=1S/C13H18ClNO6S2/c1-10-9-11(4-5-12(10)22-21-20-17)15-13(16)3-2-7-23(18,19)8-6-14/h4-5,9,17H,2-3,6-8H2,1H3,(H,15,16). The van der Waals surface area contributed by atoms with E-state index in [1.165, 1.54) is 0 Å². The van der Waals surface area contributed by atoms with Crippen LogP contribution in [0.3, 0.4) is 0 Å². The summed E-state index contributed by atoms with van der Waals surface area (Å²) >= 11 is 6.24. The number of halogens is 1. The summed E-state index contributed by atoms with van der Waals surface area (Å²) in [6.45, 7) is 1.80. The van der Waals surface area contributed by atoms with Gasteiger partial charge in [0.2, 0.25) is 5.91 Å². The molecule has 10 heteroatoms. The van der Waals surface area contributed by atoms with Crippen molar-refractivity contribution in [3.05, 3.63) is 23.8 Å². The molecule has 2 N–H and O–H groups in total. The first-order valence-corrected chi connectivity index (χ1v) is 9.79. The molecule has 1 aromatic carbocycles. The summed E-state index contributed by atoms with van der Waals surface area (Å²) < 4.78 is 27.3. The number of nitrogens with one attached hydrogen (secondary N) is 1. The van der Waals surface area contributed by atoms with Crippen molar-refractivity contribution in [1.29, 1.82) is 0 Å². The molecule has 23 heavy (non-hydrogen) atoms. The van der Waals surface area contributed by atoms with Gasteiger partial charge in [-0.1, -0.05) is 5.04 Å². The van der Waals surface area contributed by atoms with Crippen molar-refractivity contribution in [3.63, 3.8) is 0 Å². The molecule has 7 nitrogen and oxygen atoms in total. The smallest absolute Gasteiger partial charge is 0.224 e. The van der Waals surface area contributed by atoms with Gasteiger partial charge in [-0.05, 0) is 37.1 Å². The fourth-order valence-electron chi connectivity index (χ4n) is 1.77. The van der Waals surface area contributed by atoms with E-state index in [9.17, 15) is 13.2 Å². The fourth-order valence-corrected chi connectivity index (χ4v) is 3.91. The second kappa shape index (κ2) is 10.1. The van der Waals surface area contributed by atoms with Crippen molar-refractivity contribution < 1.29 is 27.8 Å². The number of benzene rings is 1. The summed E-state index contributed by atoms with van der Waals surface area (Å²) in [5, 5.41) is 14.3.